The molecule has 1 fully saturated rings. The highest BCUT2D eigenvalue weighted by molar-refractivity contribution is 5.84. The maximum Gasteiger partial charge on any atom is 0.178 e. The fraction of sp³-hybridized carbons (Fsp3) is 0.500. The van der Waals surface area contributed by atoms with Gasteiger partial charge in [0.2, 0.25) is 0 Å². The number of nitrogen functional groups attached to an aromatic ring is 1. The molecule has 1 saturated heterocycles. The minimum atomic E-state index is -0.735. The molecule has 0 amide bonds. The van der Waals surface area contributed by atoms with Gasteiger partial charge in [-0.3, -0.25) is 0 Å². The average Bonchev–Trinajstić information content (AvgIpc) is 2.93. The summed E-state index contributed by atoms with van der Waals surface area (Å²) < 4.78 is 6.98. The minimum Gasteiger partial charge on any atom is -0.394 e. The fourth-order valence-corrected chi connectivity index (χ4v) is 2.13. The van der Waals surface area contributed by atoms with Crippen LogP contribution >= 0.6 is 0 Å². The summed E-state index contributed by atoms with van der Waals surface area (Å²) >= 11 is 0. The van der Waals surface area contributed by atoms with Crippen molar-refractivity contribution in [3.8, 4) is 0 Å². The Morgan fingerprint density at radius 3 is 3.06 bits per heavy atom. The van der Waals surface area contributed by atoms with Crippen molar-refractivity contribution in [3.05, 3.63) is 12.5 Å². The van der Waals surface area contributed by atoms with Crippen LogP contribution in [0.5, 0.6) is 0 Å². The average molecular weight is 251 g/mol. The molecule has 0 saturated carbocycles. The molecule has 8 nitrogen and oxygen atoms in total. The summed E-state index contributed by atoms with van der Waals surface area (Å²) in [5.41, 5.74) is 6.21. The number of anilines is 1. The molecule has 0 bridgehead atoms. The number of nitrogens with zero attached hydrogens (tertiary/aromatic N) is 4. The molecule has 18 heavy (non-hydrogen) atoms. The fourth-order valence-electron chi connectivity index (χ4n) is 2.13. The molecule has 3 atom stereocenters. The van der Waals surface area contributed by atoms with Gasteiger partial charge in [-0.05, 0) is 0 Å². The molecule has 1 aliphatic heterocycles. The number of fused-ring (bicyclic) bond motifs is 1. The predicted octanol–water partition coefficient (Wildman–Crippen LogP) is -0.951. The first-order valence-corrected chi connectivity index (χ1v) is 5.58. The Labute approximate surface area is 102 Å². The Bertz CT molecular complexity index is 572. The topological polar surface area (TPSA) is 119 Å². The number of hydrogen-bond acceptors (Lipinski definition) is 7. The van der Waals surface area contributed by atoms with Crippen LogP contribution in [-0.4, -0.2) is 48.8 Å². The summed E-state index contributed by atoms with van der Waals surface area (Å²) in [4.78, 5) is 7.96. The molecule has 0 spiro atoms. The lowest BCUT2D eigenvalue weighted by atomic mass is 10.2. The quantitative estimate of drug-likeness (QED) is 0.629. The molecule has 0 aliphatic carbocycles. The molecule has 2 aromatic rings. The van der Waals surface area contributed by atoms with E-state index in [2.05, 4.69) is 15.1 Å². The van der Waals surface area contributed by atoms with Crippen molar-refractivity contribution >= 4 is 16.9 Å². The molecule has 0 aromatic carbocycles. The van der Waals surface area contributed by atoms with Crippen LogP contribution in [-0.2, 0) is 4.74 Å². The van der Waals surface area contributed by atoms with Gasteiger partial charge in [0.1, 0.15) is 18.2 Å². The van der Waals surface area contributed by atoms with E-state index in [4.69, 9.17) is 15.6 Å². The van der Waals surface area contributed by atoms with Crippen LogP contribution in [0.25, 0.3) is 11.0 Å². The van der Waals surface area contributed by atoms with Crippen LogP contribution in [0.15, 0.2) is 12.5 Å². The number of aromatic nitrogens is 4. The zero-order valence-electron chi connectivity index (χ0n) is 9.47. The number of nitrogens with two attached hydrogens (primary N) is 1. The zero-order valence-corrected chi connectivity index (χ0v) is 9.47. The van der Waals surface area contributed by atoms with Crippen molar-refractivity contribution < 1.29 is 14.9 Å². The highest BCUT2D eigenvalue weighted by Gasteiger charge is 2.36. The second-order valence-corrected chi connectivity index (χ2v) is 4.22. The van der Waals surface area contributed by atoms with E-state index in [-0.39, 0.29) is 12.7 Å². The van der Waals surface area contributed by atoms with Gasteiger partial charge in [0.05, 0.1) is 24.3 Å². The molecule has 4 N–H and O–H groups in total. The number of aliphatic hydroxyl groups is 2. The maximum atomic E-state index is 9.92. The third kappa shape index (κ3) is 1.62. The largest absolute Gasteiger partial charge is 0.394 e. The second kappa shape index (κ2) is 4.16. The second-order valence-electron chi connectivity index (χ2n) is 4.22. The van der Waals surface area contributed by atoms with Crippen LogP contribution < -0.4 is 5.73 Å². The number of ether oxygens (including phenoxy) is 1. The Balaban J connectivity index is 2.02. The van der Waals surface area contributed by atoms with Gasteiger partial charge < -0.3 is 20.7 Å². The van der Waals surface area contributed by atoms with E-state index in [0.29, 0.717) is 23.3 Å². The smallest absolute Gasteiger partial charge is 0.178 e. The van der Waals surface area contributed by atoms with Gasteiger partial charge in [-0.1, -0.05) is 0 Å². The molecule has 2 aromatic heterocycles. The lowest BCUT2D eigenvalue weighted by molar-refractivity contribution is -0.0548. The monoisotopic (exact) mass is 251 g/mol. The third-order valence-electron chi connectivity index (χ3n) is 3.03. The SMILES string of the molecule is Nc1ncnc2c1cnn2[C@@H]1O[C@H](CO)C[C@H]1O. The molecule has 3 rings (SSSR count). The first-order valence-electron chi connectivity index (χ1n) is 5.58. The normalized spacial score (nSPS) is 28.0. The van der Waals surface area contributed by atoms with E-state index >= 15 is 0 Å². The van der Waals surface area contributed by atoms with E-state index in [1.807, 2.05) is 0 Å². The first-order chi connectivity index (χ1) is 8.70. The van der Waals surface area contributed by atoms with Crippen molar-refractivity contribution in [2.75, 3.05) is 12.3 Å². The van der Waals surface area contributed by atoms with Gasteiger partial charge >= 0.3 is 0 Å². The number of rotatable bonds is 2. The first kappa shape index (κ1) is 11.3. The van der Waals surface area contributed by atoms with Gasteiger partial charge in [0.15, 0.2) is 11.9 Å². The summed E-state index contributed by atoms with van der Waals surface area (Å²) in [7, 11) is 0. The molecule has 8 heteroatoms. The molecule has 0 unspecified atom stereocenters. The maximum absolute atomic E-state index is 9.92. The highest BCUT2D eigenvalue weighted by atomic mass is 16.5. The standard InChI is InChI=1S/C10H13N5O3/c11-8-6-2-14-15(9(6)13-4-12-8)10-7(17)1-5(3-16)18-10/h2,4-5,7,10,16-17H,1,3H2,(H2,11,12,13)/t5-,7+,10+/m0/s1. The van der Waals surface area contributed by atoms with Gasteiger partial charge in [-0.25, -0.2) is 14.6 Å². The van der Waals surface area contributed by atoms with Crippen molar-refractivity contribution in [3.63, 3.8) is 0 Å². The predicted molar refractivity (Wildman–Crippen MR) is 61.4 cm³/mol. The van der Waals surface area contributed by atoms with Crippen molar-refractivity contribution in [2.45, 2.75) is 24.9 Å². The van der Waals surface area contributed by atoms with Crippen molar-refractivity contribution in [2.24, 2.45) is 0 Å². The molecule has 96 valence electrons. The van der Waals surface area contributed by atoms with Crippen LogP contribution in [0.4, 0.5) is 5.82 Å². The minimum absolute atomic E-state index is 0.135. The van der Waals surface area contributed by atoms with Gasteiger partial charge in [-0.15, -0.1) is 0 Å². The van der Waals surface area contributed by atoms with Crippen LogP contribution in [0.2, 0.25) is 0 Å². The Kier molecular flexibility index (Phi) is 2.62. The molecular formula is C10H13N5O3. The van der Waals surface area contributed by atoms with Crippen LogP contribution in [0.1, 0.15) is 12.6 Å². The number of hydrogen-bond donors (Lipinski definition) is 3. The Morgan fingerprint density at radius 1 is 1.50 bits per heavy atom. The van der Waals surface area contributed by atoms with E-state index < -0.39 is 12.3 Å². The molecular weight excluding hydrogens is 238 g/mol. The van der Waals surface area contributed by atoms with Crippen LogP contribution in [0.3, 0.4) is 0 Å². The van der Waals surface area contributed by atoms with Crippen molar-refractivity contribution in [1.29, 1.82) is 0 Å². The van der Waals surface area contributed by atoms with Gasteiger partial charge in [0, 0.05) is 6.42 Å². The van der Waals surface area contributed by atoms with Gasteiger partial charge in [0.25, 0.3) is 0 Å². The summed E-state index contributed by atoms with van der Waals surface area (Å²) in [5.74, 6) is 0.331. The zero-order chi connectivity index (χ0) is 12.7. The molecule has 1 aliphatic rings. The lowest BCUT2D eigenvalue weighted by Gasteiger charge is -2.15. The Hall–Kier alpha value is -1.77. The van der Waals surface area contributed by atoms with Crippen LogP contribution in [0, 0.1) is 0 Å². The molecule has 3 heterocycles. The summed E-state index contributed by atoms with van der Waals surface area (Å²) in [6.45, 7) is -0.135. The van der Waals surface area contributed by atoms with E-state index in [0.717, 1.165) is 0 Å². The Morgan fingerprint density at radius 2 is 2.33 bits per heavy atom. The van der Waals surface area contributed by atoms with Crippen molar-refractivity contribution in [1.82, 2.24) is 19.7 Å². The lowest BCUT2D eigenvalue weighted by Crippen LogP contribution is -2.21. The summed E-state index contributed by atoms with van der Waals surface area (Å²) in [6, 6.07) is 0. The molecule has 0 radical (unpaired) electrons. The summed E-state index contributed by atoms with van der Waals surface area (Å²) in [6.07, 6.45) is 1.45. The van der Waals surface area contributed by atoms with E-state index in [1.165, 1.54) is 17.2 Å². The van der Waals surface area contributed by atoms with Gasteiger partial charge in [-0.2, -0.15) is 5.10 Å². The number of aliphatic hydroxyl groups excluding tert-OH is 2. The van der Waals surface area contributed by atoms with E-state index in [9.17, 15) is 5.11 Å². The third-order valence-corrected chi connectivity index (χ3v) is 3.03. The highest BCUT2D eigenvalue weighted by Crippen LogP contribution is 2.30. The summed E-state index contributed by atoms with van der Waals surface area (Å²) in [5, 5.41) is 23.7. The van der Waals surface area contributed by atoms with E-state index in [1.54, 1.807) is 0 Å².